The molecular weight excluding hydrogens is 405 g/mol. The van der Waals surface area contributed by atoms with E-state index in [1.54, 1.807) is 6.20 Å². The van der Waals surface area contributed by atoms with Gasteiger partial charge in [0, 0.05) is 35.3 Å². The number of pyridine rings is 2. The summed E-state index contributed by atoms with van der Waals surface area (Å²) in [6.45, 7) is 4.49. The number of piperidine rings is 1. The van der Waals surface area contributed by atoms with Gasteiger partial charge in [0.15, 0.2) is 0 Å². The van der Waals surface area contributed by atoms with Crippen LogP contribution < -0.4 is 4.74 Å². The molecule has 1 aliphatic heterocycles. The van der Waals surface area contributed by atoms with Gasteiger partial charge < -0.3 is 9.64 Å². The van der Waals surface area contributed by atoms with Gasteiger partial charge in [0.2, 0.25) is 5.88 Å². The molecule has 3 atom stereocenters. The number of amides is 1. The lowest BCUT2D eigenvalue weighted by atomic mass is 9.54. The minimum absolute atomic E-state index is 0.0211. The first-order valence-electron chi connectivity index (χ1n) is 11.1. The fourth-order valence-corrected chi connectivity index (χ4v) is 5.35. The molecule has 5 nitrogen and oxygen atoms in total. The SMILES string of the molecule is CCC1[C@@H]2CCC2(COc2ccc(F)cn2)N1C(=O)c1cc(C)ccc1-c1ccccn1. The number of hydrogen-bond acceptors (Lipinski definition) is 4. The van der Waals surface area contributed by atoms with Gasteiger partial charge in [0.1, 0.15) is 12.4 Å². The minimum Gasteiger partial charge on any atom is -0.475 e. The van der Waals surface area contributed by atoms with Crippen molar-refractivity contribution in [3.63, 3.8) is 0 Å². The molecule has 2 aliphatic rings. The van der Waals surface area contributed by atoms with Crippen molar-refractivity contribution in [2.75, 3.05) is 6.61 Å². The number of benzene rings is 1. The van der Waals surface area contributed by atoms with Crippen LogP contribution in [0.3, 0.4) is 0 Å². The number of carbonyl (C=O) groups is 1. The van der Waals surface area contributed by atoms with Crippen LogP contribution in [-0.2, 0) is 0 Å². The standard InChI is InChI=1S/C26H26FN3O2/c1-3-23-21-11-12-26(21,16-32-24-10-8-18(27)15-29-24)30(23)25(31)20-14-17(2)7-9-19(20)22-6-4-5-13-28-22/h4-10,13-15,21,23H,3,11-12,16H2,1-2H3/t21-,23?,26?/m0/s1. The summed E-state index contributed by atoms with van der Waals surface area (Å²) in [5.74, 6) is 0.418. The number of likely N-dealkylation sites (tertiary alicyclic amines) is 1. The van der Waals surface area contributed by atoms with Crippen molar-refractivity contribution in [2.45, 2.75) is 44.7 Å². The first-order chi connectivity index (χ1) is 15.5. The second kappa shape index (κ2) is 8.01. The molecule has 164 valence electrons. The third kappa shape index (κ3) is 3.25. The highest BCUT2D eigenvalue weighted by atomic mass is 19.1. The van der Waals surface area contributed by atoms with Crippen LogP contribution in [0.1, 0.15) is 42.1 Å². The van der Waals surface area contributed by atoms with Gasteiger partial charge in [0.05, 0.1) is 17.4 Å². The van der Waals surface area contributed by atoms with Crippen molar-refractivity contribution in [1.29, 1.82) is 0 Å². The van der Waals surface area contributed by atoms with Crippen LogP contribution in [0.5, 0.6) is 5.88 Å². The Kier molecular flexibility index (Phi) is 5.16. The van der Waals surface area contributed by atoms with Gasteiger partial charge in [-0.1, -0.05) is 30.7 Å². The third-order valence-corrected chi connectivity index (χ3v) is 7.01. The number of ether oxygens (including phenoxy) is 1. The zero-order valence-electron chi connectivity index (χ0n) is 18.3. The summed E-state index contributed by atoms with van der Waals surface area (Å²) in [5.41, 5.74) is 3.00. The summed E-state index contributed by atoms with van der Waals surface area (Å²) in [6, 6.07) is 14.7. The van der Waals surface area contributed by atoms with Crippen molar-refractivity contribution in [3.05, 3.63) is 77.9 Å². The molecule has 2 fully saturated rings. The Bertz CT molecular complexity index is 1140. The van der Waals surface area contributed by atoms with E-state index in [1.165, 1.54) is 12.1 Å². The van der Waals surface area contributed by atoms with Crippen LogP contribution in [0.25, 0.3) is 11.3 Å². The average molecular weight is 432 g/mol. The Hall–Kier alpha value is -3.28. The van der Waals surface area contributed by atoms with Crippen LogP contribution in [0.15, 0.2) is 60.9 Å². The van der Waals surface area contributed by atoms with Crippen LogP contribution in [0, 0.1) is 18.7 Å². The first-order valence-corrected chi connectivity index (χ1v) is 11.1. The van der Waals surface area contributed by atoms with Crippen molar-refractivity contribution in [1.82, 2.24) is 14.9 Å². The van der Waals surface area contributed by atoms with E-state index in [-0.39, 0.29) is 17.5 Å². The van der Waals surface area contributed by atoms with Crippen molar-refractivity contribution < 1.29 is 13.9 Å². The second-order valence-corrected chi connectivity index (χ2v) is 8.77. The van der Waals surface area contributed by atoms with E-state index in [0.29, 0.717) is 24.0 Å². The fourth-order valence-electron chi connectivity index (χ4n) is 5.35. The number of fused-ring (bicyclic) bond motifs is 1. The molecule has 0 N–H and O–H groups in total. The molecule has 2 unspecified atom stereocenters. The highest BCUT2D eigenvalue weighted by Gasteiger charge is 2.67. The van der Waals surface area contributed by atoms with Crippen molar-refractivity contribution in [3.8, 4) is 17.1 Å². The Balaban J connectivity index is 1.47. The van der Waals surface area contributed by atoms with E-state index < -0.39 is 5.82 Å². The topological polar surface area (TPSA) is 55.3 Å². The Labute approximate surface area is 187 Å². The molecular formula is C26H26FN3O2. The predicted octanol–water partition coefficient (Wildman–Crippen LogP) is 5.05. The highest BCUT2D eigenvalue weighted by molar-refractivity contribution is 6.02. The largest absolute Gasteiger partial charge is 0.475 e. The van der Waals surface area contributed by atoms with Crippen molar-refractivity contribution in [2.24, 2.45) is 5.92 Å². The van der Waals surface area contributed by atoms with Crippen LogP contribution in [-0.4, -0.2) is 39.0 Å². The van der Waals surface area contributed by atoms with E-state index in [4.69, 9.17) is 4.74 Å². The zero-order valence-corrected chi connectivity index (χ0v) is 18.3. The lowest BCUT2D eigenvalue weighted by Gasteiger charge is -2.70. The maximum atomic E-state index is 14.0. The Morgan fingerprint density at radius 2 is 2.09 bits per heavy atom. The first kappa shape index (κ1) is 20.6. The molecule has 2 aromatic heterocycles. The molecule has 5 rings (SSSR count). The molecule has 3 heterocycles. The van der Waals surface area contributed by atoms with Crippen LogP contribution >= 0.6 is 0 Å². The molecule has 0 radical (unpaired) electrons. The van der Waals surface area contributed by atoms with Crippen LogP contribution in [0.4, 0.5) is 4.39 Å². The number of rotatable bonds is 6. The van der Waals surface area contributed by atoms with Gasteiger partial charge in [-0.25, -0.2) is 9.37 Å². The monoisotopic (exact) mass is 431 g/mol. The third-order valence-electron chi connectivity index (χ3n) is 7.01. The van der Waals surface area contributed by atoms with Gasteiger partial charge in [0.25, 0.3) is 5.91 Å². The van der Waals surface area contributed by atoms with E-state index in [0.717, 1.165) is 42.3 Å². The Morgan fingerprint density at radius 1 is 1.22 bits per heavy atom. The smallest absolute Gasteiger partial charge is 0.255 e. The molecule has 1 aromatic carbocycles. The normalized spacial score (nSPS) is 23.7. The second-order valence-electron chi connectivity index (χ2n) is 8.77. The summed E-state index contributed by atoms with van der Waals surface area (Å²) in [7, 11) is 0. The fraction of sp³-hybridized carbons (Fsp3) is 0.346. The van der Waals surface area contributed by atoms with Crippen molar-refractivity contribution >= 4 is 5.91 Å². The van der Waals surface area contributed by atoms with E-state index in [2.05, 4.69) is 16.9 Å². The molecule has 3 aromatic rings. The summed E-state index contributed by atoms with van der Waals surface area (Å²) < 4.78 is 19.2. The molecule has 1 aliphatic carbocycles. The summed E-state index contributed by atoms with van der Waals surface area (Å²) in [4.78, 5) is 24.5. The number of nitrogens with zero attached hydrogens (tertiary/aromatic N) is 3. The van der Waals surface area contributed by atoms with Gasteiger partial charge in [-0.2, -0.15) is 0 Å². The maximum absolute atomic E-state index is 14.0. The summed E-state index contributed by atoms with van der Waals surface area (Å²) in [5, 5.41) is 0. The van der Waals surface area contributed by atoms with Gasteiger partial charge >= 0.3 is 0 Å². The molecule has 1 saturated carbocycles. The quantitative estimate of drug-likeness (QED) is 0.548. The Morgan fingerprint density at radius 3 is 2.75 bits per heavy atom. The average Bonchev–Trinajstić information content (AvgIpc) is 2.81. The summed E-state index contributed by atoms with van der Waals surface area (Å²) >= 11 is 0. The number of aryl methyl sites for hydroxylation is 1. The van der Waals surface area contributed by atoms with Gasteiger partial charge in [-0.05, 0) is 50.5 Å². The molecule has 1 saturated heterocycles. The van der Waals surface area contributed by atoms with Gasteiger partial charge in [-0.15, -0.1) is 0 Å². The molecule has 0 bridgehead atoms. The highest BCUT2D eigenvalue weighted by Crippen LogP contribution is 2.58. The molecule has 6 heteroatoms. The molecule has 32 heavy (non-hydrogen) atoms. The van der Waals surface area contributed by atoms with E-state index in [9.17, 15) is 9.18 Å². The zero-order chi connectivity index (χ0) is 22.3. The lowest BCUT2D eigenvalue weighted by Crippen LogP contribution is -2.81. The number of aromatic nitrogens is 2. The number of hydrogen-bond donors (Lipinski definition) is 0. The predicted molar refractivity (Wildman–Crippen MR) is 120 cm³/mol. The minimum atomic E-state index is -0.398. The van der Waals surface area contributed by atoms with E-state index in [1.807, 2.05) is 48.2 Å². The molecule has 1 amide bonds. The number of halogens is 1. The van der Waals surface area contributed by atoms with E-state index >= 15 is 0 Å². The van der Waals surface area contributed by atoms with Crippen LogP contribution in [0.2, 0.25) is 0 Å². The molecule has 0 spiro atoms. The maximum Gasteiger partial charge on any atom is 0.255 e. The van der Waals surface area contributed by atoms with Gasteiger partial charge in [-0.3, -0.25) is 9.78 Å². The lowest BCUT2D eigenvalue weighted by molar-refractivity contribution is -0.190. The summed E-state index contributed by atoms with van der Waals surface area (Å²) in [6.07, 6.45) is 5.78. The number of carbonyl (C=O) groups excluding carboxylic acids is 1.